The zero-order chi connectivity index (χ0) is 13.6. The van der Waals surface area contributed by atoms with Crippen molar-refractivity contribution in [1.82, 2.24) is 5.32 Å². The van der Waals surface area contributed by atoms with Crippen molar-refractivity contribution in [3.05, 3.63) is 0 Å². The average molecular weight is 357 g/mol. The fraction of sp³-hybridized carbons (Fsp3) is 0.818. The van der Waals surface area contributed by atoms with Crippen molar-refractivity contribution < 1.29 is 19.1 Å². The molecule has 2 atom stereocenters. The summed E-state index contributed by atoms with van der Waals surface area (Å²) in [6.07, 6.45) is -0.865. The fourth-order valence-electron chi connectivity index (χ4n) is 0.918. The van der Waals surface area contributed by atoms with Crippen LogP contribution in [0.1, 0.15) is 27.7 Å². The number of ether oxygens (including phenoxy) is 2. The second kappa shape index (κ2) is 7.15. The first kappa shape index (κ1) is 16.6. The van der Waals surface area contributed by atoms with Crippen LogP contribution in [0.3, 0.4) is 0 Å². The van der Waals surface area contributed by atoms with Crippen LogP contribution < -0.4 is 5.32 Å². The van der Waals surface area contributed by atoms with E-state index in [2.05, 4.69) is 5.32 Å². The first-order valence-corrected chi connectivity index (χ1v) is 6.71. The summed E-state index contributed by atoms with van der Waals surface area (Å²) in [5.41, 5.74) is -0.823. The summed E-state index contributed by atoms with van der Waals surface area (Å²) < 4.78 is 9.92. The Balaban J connectivity index is 4.67. The van der Waals surface area contributed by atoms with Gasteiger partial charge in [0.1, 0.15) is 5.54 Å². The van der Waals surface area contributed by atoms with Crippen molar-refractivity contribution in [2.75, 3.05) is 13.7 Å². The summed E-state index contributed by atoms with van der Waals surface area (Å²) >= 11 is 2.03. The molecule has 0 saturated carbocycles. The lowest BCUT2D eigenvalue weighted by Gasteiger charge is -2.26. The Morgan fingerprint density at radius 3 is 2.29 bits per heavy atom. The van der Waals surface area contributed by atoms with Gasteiger partial charge in [0, 0.05) is 0 Å². The van der Waals surface area contributed by atoms with Crippen LogP contribution in [0.4, 0.5) is 0 Å². The molecule has 0 fully saturated rings. The Morgan fingerprint density at radius 1 is 1.41 bits per heavy atom. The standard InChI is InChI=1S/C11H20INO4/c1-6-16-9(14)8(7(2)12)17-10(15)11(3,4)13-5/h7-8,13H,6H2,1-5H3. The zero-order valence-corrected chi connectivity index (χ0v) is 13.0. The van der Waals surface area contributed by atoms with E-state index in [1.54, 1.807) is 34.7 Å². The Morgan fingerprint density at radius 2 is 1.94 bits per heavy atom. The molecule has 0 radical (unpaired) electrons. The van der Waals surface area contributed by atoms with Crippen molar-refractivity contribution >= 4 is 34.5 Å². The summed E-state index contributed by atoms with van der Waals surface area (Å²) in [7, 11) is 1.66. The maximum absolute atomic E-state index is 11.8. The molecule has 0 amide bonds. The van der Waals surface area contributed by atoms with E-state index in [0.717, 1.165) is 0 Å². The van der Waals surface area contributed by atoms with E-state index in [1.807, 2.05) is 22.6 Å². The number of hydrogen-bond donors (Lipinski definition) is 1. The van der Waals surface area contributed by atoms with Crippen molar-refractivity contribution in [3.63, 3.8) is 0 Å². The third kappa shape index (κ3) is 5.20. The van der Waals surface area contributed by atoms with Gasteiger partial charge in [-0.15, -0.1) is 0 Å². The quantitative estimate of drug-likeness (QED) is 0.441. The first-order valence-electron chi connectivity index (χ1n) is 5.47. The van der Waals surface area contributed by atoms with Crippen LogP contribution in [0.2, 0.25) is 0 Å². The van der Waals surface area contributed by atoms with Crippen LogP contribution in [0.25, 0.3) is 0 Å². The predicted octanol–water partition coefficient (Wildman–Crippen LogP) is 1.28. The molecule has 0 rings (SSSR count). The van der Waals surface area contributed by atoms with Gasteiger partial charge in [-0.25, -0.2) is 4.79 Å². The highest BCUT2D eigenvalue weighted by Gasteiger charge is 2.35. The summed E-state index contributed by atoms with van der Waals surface area (Å²) in [6, 6.07) is 0. The number of carbonyl (C=O) groups excluding carboxylic acids is 2. The number of alkyl halides is 1. The molecule has 0 aliphatic rings. The lowest BCUT2D eigenvalue weighted by atomic mass is 10.1. The molecule has 0 aromatic rings. The minimum absolute atomic E-state index is 0.150. The lowest BCUT2D eigenvalue weighted by Crippen LogP contribution is -2.49. The molecule has 1 N–H and O–H groups in total. The zero-order valence-electron chi connectivity index (χ0n) is 10.9. The van der Waals surface area contributed by atoms with E-state index >= 15 is 0 Å². The molecular formula is C11H20INO4. The van der Waals surface area contributed by atoms with Crippen LogP contribution in [-0.2, 0) is 19.1 Å². The minimum atomic E-state index is -0.865. The van der Waals surface area contributed by atoms with Crippen LogP contribution >= 0.6 is 22.6 Å². The average Bonchev–Trinajstić information content (AvgIpc) is 2.25. The molecule has 0 saturated heterocycles. The normalized spacial score (nSPS) is 14.9. The van der Waals surface area contributed by atoms with Gasteiger partial charge in [-0.1, -0.05) is 22.6 Å². The largest absolute Gasteiger partial charge is 0.463 e. The van der Waals surface area contributed by atoms with Crippen LogP contribution in [0.5, 0.6) is 0 Å². The Kier molecular flexibility index (Phi) is 6.99. The highest BCUT2D eigenvalue weighted by molar-refractivity contribution is 14.1. The highest BCUT2D eigenvalue weighted by atomic mass is 127. The molecule has 0 spiro atoms. The third-order valence-electron chi connectivity index (χ3n) is 2.31. The molecule has 5 nitrogen and oxygen atoms in total. The number of rotatable bonds is 6. The monoisotopic (exact) mass is 357 g/mol. The smallest absolute Gasteiger partial charge is 0.348 e. The molecular weight excluding hydrogens is 337 g/mol. The third-order valence-corrected chi connectivity index (χ3v) is 2.96. The summed E-state index contributed by atoms with van der Waals surface area (Å²) in [4.78, 5) is 23.4. The number of likely N-dealkylation sites (N-methyl/N-ethyl adjacent to an activating group) is 1. The van der Waals surface area contributed by atoms with Crippen molar-refractivity contribution in [2.45, 2.75) is 43.3 Å². The predicted molar refractivity (Wildman–Crippen MR) is 73.1 cm³/mol. The van der Waals surface area contributed by atoms with Gasteiger partial charge >= 0.3 is 11.9 Å². The van der Waals surface area contributed by atoms with Gasteiger partial charge in [0.2, 0.25) is 6.10 Å². The Hall–Kier alpha value is -0.370. The van der Waals surface area contributed by atoms with Gasteiger partial charge in [0.05, 0.1) is 10.5 Å². The van der Waals surface area contributed by atoms with Gasteiger partial charge < -0.3 is 14.8 Å². The highest BCUT2D eigenvalue weighted by Crippen LogP contribution is 2.15. The van der Waals surface area contributed by atoms with Crippen LogP contribution in [0.15, 0.2) is 0 Å². The molecule has 0 heterocycles. The molecule has 6 heteroatoms. The van der Waals surface area contributed by atoms with E-state index in [0.29, 0.717) is 0 Å². The first-order chi connectivity index (χ1) is 7.76. The van der Waals surface area contributed by atoms with Gasteiger partial charge in [0.25, 0.3) is 0 Å². The van der Waals surface area contributed by atoms with Gasteiger partial charge in [-0.2, -0.15) is 0 Å². The second-order valence-corrected chi connectivity index (χ2v) is 6.10. The van der Waals surface area contributed by atoms with E-state index in [1.165, 1.54) is 0 Å². The molecule has 0 bridgehead atoms. The molecule has 0 aromatic heterocycles. The fourth-order valence-corrected chi connectivity index (χ4v) is 1.36. The number of carbonyl (C=O) groups is 2. The second-order valence-electron chi connectivity index (χ2n) is 4.13. The Labute approximate surface area is 116 Å². The summed E-state index contributed by atoms with van der Waals surface area (Å²) in [5, 5.41) is 2.83. The minimum Gasteiger partial charge on any atom is -0.463 e. The molecule has 0 aliphatic carbocycles. The lowest BCUT2D eigenvalue weighted by molar-refractivity contribution is -0.170. The number of esters is 2. The number of halogens is 1. The number of nitrogens with one attached hydrogen (secondary N) is 1. The van der Waals surface area contributed by atoms with Crippen molar-refractivity contribution in [2.24, 2.45) is 0 Å². The summed E-state index contributed by atoms with van der Waals surface area (Å²) in [6.45, 7) is 7.16. The van der Waals surface area contributed by atoms with Crippen LogP contribution in [0, 0.1) is 0 Å². The molecule has 0 aliphatic heterocycles. The summed E-state index contributed by atoms with van der Waals surface area (Å²) in [5.74, 6) is -0.976. The van der Waals surface area contributed by atoms with Gasteiger partial charge in [-0.3, -0.25) is 4.79 Å². The Bertz CT molecular complexity index is 279. The molecule has 2 unspecified atom stereocenters. The van der Waals surface area contributed by atoms with E-state index in [4.69, 9.17) is 9.47 Å². The van der Waals surface area contributed by atoms with Gasteiger partial charge in [0.15, 0.2) is 0 Å². The van der Waals surface area contributed by atoms with E-state index in [9.17, 15) is 9.59 Å². The SMILES string of the molecule is CCOC(=O)C(OC(=O)C(C)(C)NC)C(C)I. The van der Waals surface area contributed by atoms with Crippen LogP contribution in [-0.4, -0.2) is 41.2 Å². The molecule has 100 valence electrons. The maximum atomic E-state index is 11.8. The van der Waals surface area contributed by atoms with Gasteiger partial charge in [-0.05, 0) is 34.7 Å². The topological polar surface area (TPSA) is 64.6 Å². The van der Waals surface area contributed by atoms with Crippen molar-refractivity contribution in [1.29, 1.82) is 0 Å². The van der Waals surface area contributed by atoms with E-state index < -0.39 is 23.6 Å². The number of hydrogen-bond acceptors (Lipinski definition) is 5. The molecule has 17 heavy (non-hydrogen) atoms. The van der Waals surface area contributed by atoms with Crippen molar-refractivity contribution in [3.8, 4) is 0 Å². The van der Waals surface area contributed by atoms with E-state index in [-0.39, 0.29) is 10.5 Å². The maximum Gasteiger partial charge on any atom is 0.348 e. The molecule has 0 aromatic carbocycles.